The van der Waals surface area contributed by atoms with Crippen LogP contribution in [0.3, 0.4) is 0 Å². The lowest BCUT2D eigenvalue weighted by atomic mass is 10.2. The minimum atomic E-state index is -0.280. The molecule has 0 saturated carbocycles. The van der Waals surface area contributed by atoms with Gasteiger partial charge in [-0.25, -0.2) is 0 Å². The molecule has 1 heterocycles. The number of ether oxygens (including phenoxy) is 1. The third-order valence-electron chi connectivity index (χ3n) is 4.55. The van der Waals surface area contributed by atoms with Crippen molar-refractivity contribution in [2.24, 2.45) is 4.99 Å². The Hall–Kier alpha value is -3.74. The van der Waals surface area contributed by atoms with Crippen LogP contribution in [0, 0.1) is 0 Å². The maximum Gasteiger partial charge on any atom is 0.291 e. The lowest BCUT2D eigenvalue weighted by Gasteiger charge is -2.23. The van der Waals surface area contributed by atoms with E-state index >= 15 is 0 Å². The molecule has 3 aromatic rings. The van der Waals surface area contributed by atoms with Crippen LogP contribution in [0.5, 0.6) is 5.75 Å². The molecule has 0 aliphatic carbocycles. The Morgan fingerprint density at radius 3 is 2.70 bits per heavy atom. The molecule has 0 aliphatic heterocycles. The van der Waals surface area contributed by atoms with Gasteiger partial charge in [-0.2, -0.15) is 0 Å². The van der Waals surface area contributed by atoms with Gasteiger partial charge in [0.1, 0.15) is 5.75 Å². The number of amides is 1. The molecule has 30 heavy (non-hydrogen) atoms. The molecule has 0 spiro atoms. The second-order valence-corrected chi connectivity index (χ2v) is 6.70. The second-order valence-electron chi connectivity index (χ2n) is 6.70. The number of para-hydroxylation sites is 1. The van der Waals surface area contributed by atoms with Gasteiger partial charge in [-0.1, -0.05) is 30.3 Å². The first-order valence-corrected chi connectivity index (χ1v) is 9.58. The molecule has 0 unspecified atom stereocenters. The summed E-state index contributed by atoms with van der Waals surface area (Å²) in [6.07, 6.45) is 1.47. The Kier molecular flexibility index (Phi) is 7.10. The molecule has 7 nitrogen and oxygen atoms in total. The molecule has 0 radical (unpaired) electrons. The van der Waals surface area contributed by atoms with Gasteiger partial charge in [0.2, 0.25) is 0 Å². The van der Waals surface area contributed by atoms with Crippen molar-refractivity contribution in [3.8, 4) is 5.75 Å². The molecule has 1 amide bonds. The van der Waals surface area contributed by atoms with E-state index in [1.807, 2.05) is 60.5 Å². The number of guanidine groups is 1. The van der Waals surface area contributed by atoms with E-state index in [2.05, 4.69) is 15.6 Å². The Bertz CT molecular complexity index is 999. The fourth-order valence-corrected chi connectivity index (χ4v) is 3.09. The number of nitrogens with one attached hydrogen (secondary N) is 2. The van der Waals surface area contributed by atoms with Gasteiger partial charge in [0.15, 0.2) is 11.7 Å². The number of furan rings is 1. The van der Waals surface area contributed by atoms with Crippen LogP contribution < -0.4 is 15.4 Å². The fraction of sp³-hybridized carbons (Fsp3) is 0.217. The van der Waals surface area contributed by atoms with E-state index in [9.17, 15) is 4.79 Å². The lowest BCUT2D eigenvalue weighted by Crippen LogP contribution is -2.38. The quantitative estimate of drug-likeness (QED) is 0.462. The molecule has 1 aromatic heterocycles. The second kappa shape index (κ2) is 10.2. The largest absolute Gasteiger partial charge is 0.496 e. The maximum absolute atomic E-state index is 12.2. The molecule has 2 aromatic carbocycles. The van der Waals surface area contributed by atoms with Crippen LogP contribution in [-0.4, -0.2) is 38.0 Å². The molecule has 0 aliphatic rings. The van der Waals surface area contributed by atoms with Crippen molar-refractivity contribution in [3.05, 3.63) is 83.8 Å². The van der Waals surface area contributed by atoms with Gasteiger partial charge in [0.05, 0.1) is 13.4 Å². The van der Waals surface area contributed by atoms with Crippen LogP contribution >= 0.6 is 0 Å². The minimum absolute atomic E-state index is 0.275. The first-order chi connectivity index (χ1) is 14.6. The fourth-order valence-electron chi connectivity index (χ4n) is 3.09. The predicted molar refractivity (Wildman–Crippen MR) is 118 cm³/mol. The Morgan fingerprint density at radius 2 is 1.97 bits per heavy atom. The van der Waals surface area contributed by atoms with Crippen molar-refractivity contribution in [2.45, 2.75) is 13.1 Å². The van der Waals surface area contributed by atoms with Crippen molar-refractivity contribution in [2.75, 3.05) is 26.5 Å². The molecule has 0 atom stereocenters. The van der Waals surface area contributed by atoms with Gasteiger partial charge in [0.25, 0.3) is 5.91 Å². The van der Waals surface area contributed by atoms with Crippen LogP contribution in [0.4, 0.5) is 5.69 Å². The zero-order chi connectivity index (χ0) is 21.3. The normalized spacial score (nSPS) is 11.1. The number of nitrogens with zero attached hydrogens (tertiary/aromatic N) is 2. The average molecular weight is 406 g/mol. The van der Waals surface area contributed by atoms with Crippen molar-refractivity contribution in [3.63, 3.8) is 0 Å². The van der Waals surface area contributed by atoms with Crippen molar-refractivity contribution >= 4 is 17.6 Å². The molecule has 156 valence electrons. The average Bonchev–Trinajstić information content (AvgIpc) is 3.30. The van der Waals surface area contributed by atoms with Crippen LogP contribution in [0.2, 0.25) is 0 Å². The first kappa shape index (κ1) is 21.0. The summed E-state index contributed by atoms with van der Waals surface area (Å²) in [5, 5.41) is 6.19. The van der Waals surface area contributed by atoms with E-state index < -0.39 is 0 Å². The summed E-state index contributed by atoms with van der Waals surface area (Å²) < 4.78 is 10.6. The third-order valence-corrected chi connectivity index (χ3v) is 4.55. The maximum atomic E-state index is 12.2. The van der Waals surface area contributed by atoms with E-state index in [-0.39, 0.29) is 11.7 Å². The highest BCUT2D eigenvalue weighted by atomic mass is 16.5. The number of hydrogen-bond acceptors (Lipinski definition) is 4. The summed E-state index contributed by atoms with van der Waals surface area (Å²) in [6.45, 7) is 1.22. The highest BCUT2D eigenvalue weighted by Crippen LogP contribution is 2.19. The van der Waals surface area contributed by atoms with Crippen LogP contribution in [0.25, 0.3) is 0 Å². The summed E-state index contributed by atoms with van der Waals surface area (Å²) in [4.78, 5) is 18.6. The minimum Gasteiger partial charge on any atom is -0.496 e. The Morgan fingerprint density at radius 1 is 1.13 bits per heavy atom. The first-order valence-electron chi connectivity index (χ1n) is 9.58. The van der Waals surface area contributed by atoms with E-state index in [1.165, 1.54) is 6.26 Å². The van der Waals surface area contributed by atoms with Gasteiger partial charge in [-0.15, -0.1) is 0 Å². The van der Waals surface area contributed by atoms with Gasteiger partial charge in [-0.05, 0) is 35.9 Å². The number of benzene rings is 2. The third kappa shape index (κ3) is 5.41. The number of aliphatic imine (C=N–C) groups is 1. The standard InChI is InChI=1S/C23H26N4O3/c1-24-23(27(2)16-18-9-4-5-11-20(18)29-3)25-15-17-8-6-10-19(14-17)26-22(28)21-12-7-13-30-21/h4-14H,15-16H2,1-3H3,(H,24,25)(H,26,28). The van der Waals surface area contributed by atoms with Crippen molar-refractivity contribution in [1.82, 2.24) is 10.2 Å². The Labute approximate surface area is 176 Å². The summed E-state index contributed by atoms with van der Waals surface area (Å²) in [5.41, 5.74) is 2.79. The van der Waals surface area contributed by atoms with Gasteiger partial charge in [-0.3, -0.25) is 9.79 Å². The number of anilines is 1. The summed E-state index contributed by atoms with van der Waals surface area (Å²) >= 11 is 0. The monoisotopic (exact) mass is 406 g/mol. The number of rotatable bonds is 7. The molecular weight excluding hydrogens is 380 g/mol. The van der Waals surface area contributed by atoms with Crippen molar-refractivity contribution in [1.29, 1.82) is 0 Å². The molecule has 0 fully saturated rings. The summed E-state index contributed by atoms with van der Waals surface area (Å²) in [6, 6.07) is 18.9. The smallest absolute Gasteiger partial charge is 0.291 e. The zero-order valence-corrected chi connectivity index (χ0v) is 17.4. The number of methoxy groups -OCH3 is 1. The van der Waals surface area contributed by atoms with Gasteiger partial charge < -0.3 is 24.7 Å². The summed E-state index contributed by atoms with van der Waals surface area (Å²) in [7, 11) is 5.40. The molecular formula is C23H26N4O3. The van der Waals surface area contributed by atoms with Crippen LogP contribution in [0.1, 0.15) is 21.7 Å². The number of carbonyl (C=O) groups excluding carboxylic acids is 1. The van der Waals surface area contributed by atoms with E-state index in [1.54, 1.807) is 26.3 Å². The molecule has 7 heteroatoms. The highest BCUT2D eigenvalue weighted by molar-refractivity contribution is 6.02. The highest BCUT2D eigenvalue weighted by Gasteiger charge is 2.11. The van der Waals surface area contributed by atoms with Gasteiger partial charge in [0, 0.05) is 38.4 Å². The topological polar surface area (TPSA) is 79.1 Å². The molecule has 3 rings (SSSR count). The van der Waals surface area contributed by atoms with Crippen LogP contribution in [-0.2, 0) is 13.1 Å². The summed E-state index contributed by atoms with van der Waals surface area (Å²) in [5.74, 6) is 1.60. The number of carbonyl (C=O) groups is 1. The van der Waals surface area contributed by atoms with Crippen molar-refractivity contribution < 1.29 is 13.9 Å². The number of hydrogen-bond donors (Lipinski definition) is 2. The SMILES string of the molecule is CN=C(NCc1cccc(NC(=O)c2ccco2)c1)N(C)Cc1ccccc1OC. The molecule has 2 N–H and O–H groups in total. The Balaban J connectivity index is 1.60. The zero-order valence-electron chi connectivity index (χ0n) is 17.4. The molecule has 0 bridgehead atoms. The molecule has 0 saturated heterocycles. The van der Waals surface area contributed by atoms with E-state index in [0.29, 0.717) is 18.8 Å². The predicted octanol–water partition coefficient (Wildman–Crippen LogP) is 3.75. The van der Waals surface area contributed by atoms with E-state index in [0.717, 1.165) is 22.8 Å². The van der Waals surface area contributed by atoms with Gasteiger partial charge >= 0.3 is 0 Å². The lowest BCUT2D eigenvalue weighted by molar-refractivity contribution is 0.0996. The van der Waals surface area contributed by atoms with E-state index in [4.69, 9.17) is 9.15 Å². The van der Waals surface area contributed by atoms with Crippen LogP contribution in [0.15, 0.2) is 76.3 Å².